The second kappa shape index (κ2) is 6.39. The van der Waals surface area contributed by atoms with Crippen LogP contribution in [0, 0.1) is 0 Å². The number of aromatic amines is 1. The second-order valence-electron chi connectivity index (χ2n) is 5.01. The molecule has 11 heteroatoms. The number of methoxy groups -OCH3 is 1. The average molecular weight is 380 g/mol. The molecule has 5 nitrogen and oxygen atoms in total. The molecule has 0 unspecified atom stereocenters. The van der Waals surface area contributed by atoms with Crippen molar-refractivity contribution in [3.8, 4) is 5.69 Å². The molecule has 0 aliphatic heterocycles. The first kappa shape index (κ1) is 19.3. The van der Waals surface area contributed by atoms with Crippen molar-refractivity contribution in [1.82, 2.24) is 9.78 Å². The van der Waals surface area contributed by atoms with Crippen molar-refractivity contribution in [2.75, 3.05) is 7.11 Å². The van der Waals surface area contributed by atoms with E-state index in [1.54, 1.807) is 0 Å². The van der Waals surface area contributed by atoms with Gasteiger partial charge in [0, 0.05) is 0 Å². The molecule has 140 valence electrons. The molecule has 0 fully saturated rings. The summed E-state index contributed by atoms with van der Waals surface area (Å²) in [6.45, 7) is 3.25. The van der Waals surface area contributed by atoms with E-state index in [9.17, 15) is 35.9 Å². The van der Waals surface area contributed by atoms with Gasteiger partial charge in [-0.1, -0.05) is 6.58 Å². The summed E-state index contributed by atoms with van der Waals surface area (Å²) in [6.07, 6.45) is -9.83. The smallest absolute Gasteiger partial charge is 0.424 e. The molecule has 2 aromatic rings. The molecule has 0 saturated carbocycles. The molecule has 1 aromatic heterocycles. The lowest BCUT2D eigenvalue weighted by Gasteiger charge is -2.08. The van der Waals surface area contributed by atoms with Gasteiger partial charge in [-0.3, -0.25) is 9.89 Å². The Morgan fingerprint density at radius 2 is 1.65 bits per heavy atom. The fraction of sp³-hybridized carbons (Fsp3) is 0.200. The van der Waals surface area contributed by atoms with E-state index in [1.807, 2.05) is 0 Å². The van der Waals surface area contributed by atoms with Gasteiger partial charge in [0.05, 0.1) is 28.9 Å². The summed E-state index contributed by atoms with van der Waals surface area (Å²) in [5.41, 5.74) is -4.36. The standard InChI is InChI=1S/C15H10F6N2O3/c1-7-10(11(13(25)26-2)15(19,20)21)12(24)23(22-7)9-5-3-8(4-6-9)14(16,17)18/h3-6,22H,1H2,2H3. The lowest BCUT2D eigenvalue weighted by molar-refractivity contribution is -0.140. The topological polar surface area (TPSA) is 64.1 Å². The summed E-state index contributed by atoms with van der Waals surface area (Å²) >= 11 is 0. The van der Waals surface area contributed by atoms with E-state index in [0.29, 0.717) is 23.9 Å². The third-order valence-corrected chi connectivity index (χ3v) is 3.34. The monoisotopic (exact) mass is 380 g/mol. The third kappa shape index (κ3) is 3.51. The summed E-state index contributed by atoms with van der Waals surface area (Å²) in [5, 5.41) is 0.574. The molecule has 0 amide bonds. The molecule has 0 saturated heterocycles. The van der Waals surface area contributed by atoms with E-state index in [-0.39, 0.29) is 5.69 Å². The van der Waals surface area contributed by atoms with Gasteiger partial charge in [-0.2, -0.15) is 26.3 Å². The number of carbonyl (C=O) groups excluding carboxylic acids is 1. The van der Waals surface area contributed by atoms with Gasteiger partial charge >= 0.3 is 18.3 Å². The molecule has 0 radical (unpaired) electrons. The van der Waals surface area contributed by atoms with Crippen molar-refractivity contribution in [3.05, 3.63) is 50.8 Å². The van der Waals surface area contributed by atoms with Gasteiger partial charge in [0.1, 0.15) is 0 Å². The molecular weight excluding hydrogens is 370 g/mol. The first-order chi connectivity index (χ1) is 11.9. The first-order valence-electron chi connectivity index (χ1n) is 6.75. The average Bonchev–Trinajstić information content (AvgIpc) is 2.81. The van der Waals surface area contributed by atoms with Crippen molar-refractivity contribution in [3.63, 3.8) is 0 Å². The number of benzene rings is 1. The molecule has 0 aliphatic rings. The van der Waals surface area contributed by atoms with Crippen LogP contribution in [0.1, 0.15) is 5.56 Å². The molecule has 1 aromatic carbocycles. The highest BCUT2D eigenvalue weighted by Crippen LogP contribution is 2.29. The maximum absolute atomic E-state index is 13.1. The minimum absolute atomic E-state index is 0.175. The van der Waals surface area contributed by atoms with Crippen LogP contribution in [0.15, 0.2) is 29.1 Å². The Morgan fingerprint density at radius 1 is 1.12 bits per heavy atom. The fourth-order valence-corrected chi connectivity index (χ4v) is 2.18. The van der Waals surface area contributed by atoms with Gasteiger partial charge < -0.3 is 4.74 Å². The highest BCUT2D eigenvalue weighted by Gasteiger charge is 2.41. The summed E-state index contributed by atoms with van der Waals surface area (Å²) in [4.78, 5) is 23.8. The van der Waals surface area contributed by atoms with E-state index in [2.05, 4.69) is 16.4 Å². The predicted octanol–water partition coefficient (Wildman–Crippen LogP) is 1.48. The lowest BCUT2D eigenvalue weighted by atomic mass is 10.2. The summed E-state index contributed by atoms with van der Waals surface area (Å²) in [6, 6.07) is 3.07. The Bertz CT molecular complexity index is 996. The van der Waals surface area contributed by atoms with Crippen molar-refractivity contribution < 1.29 is 35.9 Å². The van der Waals surface area contributed by atoms with E-state index in [4.69, 9.17) is 0 Å². The van der Waals surface area contributed by atoms with Gasteiger partial charge in [-0.15, -0.1) is 0 Å². The van der Waals surface area contributed by atoms with Crippen molar-refractivity contribution in [2.24, 2.45) is 0 Å². The van der Waals surface area contributed by atoms with Gasteiger partial charge in [-0.05, 0) is 24.3 Å². The molecule has 2 rings (SSSR count). The molecular formula is C15H10F6N2O3. The zero-order chi connectivity index (χ0) is 19.9. The predicted molar refractivity (Wildman–Crippen MR) is 77.6 cm³/mol. The quantitative estimate of drug-likeness (QED) is 0.634. The van der Waals surface area contributed by atoms with Gasteiger partial charge in [0.2, 0.25) is 0 Å². The van der Waals surface area contributed by atoms with Crippen LogP contribution in [0.4, 0.5) is 26.3 Å². The molecule has 1 N–H and O–H groups in total. The number of alkyl halides is 6. The van der Waals surface area contributed by atoms with Crippen molar-refractivity contribution in [2.45, 2.75) is 12.4 Å². The van der Waals surface area contributed by atoms with Gasteiger partial charge in [0.25, 0.3) is 5.56 Å². The number of aromatic nitrogens is 2. The molecule has 0 aliphatic carbocycles. The van der Waals surface area contributed by atoms with Crippen LogP contribution in [0.2, 0.25) is 0 Å². The maximum atomic E-state index is 13.1. The van der Waals surface area contributed by atoms with Crippen LogP contribution in [0.25, 0.3) is 17.8 Å². The number of H-pyrrole nitrogens is 1. The fourth-order valence-electron chi connectivity index (χ4n) is 2.18. The molecule has 1 heterocycles. The number of carbonyl (C=O) groups is 1. The zero-order valence-electron chi connectivity index (χ0n) is 13.0. The third-order valence-electron chi connectivity index (χ3n) is 3.34. The van der Waals surface area contributed by atoms with Crippen LogP contribution in [0.3, 0.4) is 0 Å². The number of esters is 1. The Morgan fingerprint density at radius 3 is 2.08 bits per heavy atom. The highest BCUT2D eigenvalue weighted by atomic mass is 19.4. The Balaban J connectivity index is 2.76. The second-order valence-corrected chi connectivity index (χ2v) is 5.01. The van der Waals surface area contributed by atoms with Crippen LogP contribution in [-0.2, 0) is 15.7 Å². The summed E-state index contributed by atoms with van der Waals surface area (Å²) in [5.74, 6) is -1.79. The zero-order valence-corrected chi connectivity index (χ0v) is 13.0. The molecule has 26 heavy (non-hydrogen) atoms. The lowest BCUT2D eigenvalue weighted by Crippen LogP contribution is -2.42. The van der Waals surface area contributed by atoms with Crippen molar-refractivity contribution >= 4 is 18.1 Å². The van der Waals surface area contributed by atoms with E-state index < -0.39 is 45.6 Å². The van der Waals surface area contributed by atoms with Crippen LogP contribution < -0.4 is 16.1 Å². The van der Waals surface area contributed by atoms with Crippen LogP contribution in [0.5, 0.6) is 0 Å². The molecule has 0 spiro atoms. The number of nitrogens with zero attached hydrogens (tertiary/aromatic N) is 1. The largest absolute Gasteiger partial charge is 0.465 e. The van der Waals surface area contributed by atoms with Gasteiger partial charge in [0.15, 0.2) is 5.57 Å². The summed E-state index contributed by atoms with van der Waals surface area (Å²) in [7, 11) is 0.706. The Hall–Kier alpha value is -2.98. The SMILES string of the molecule is C=c1[nH]n(-c2ccc(C(F)(F)F)cc2)c(=O)c1=C(C(=O)OC)C(F)(F)F. The highest BCUT2D eigenvalue weighted by molar-refractivity contribution is 6.11. The first-order valence-corrected chi connectivity index (χ1v) is 6.75. The number of rotatable bonds is 2. The summed E-state index contributed by atoms with van der Waals surface area (Å²) < 4.78 is 81.8. The Kier molecular flexibility index (Phi) is 4.75. The van der Waals surface area contributed by atoms with Crippen molar-refractivity contribution in [1.29, 1.82) is 0 Å². The van der Waals surface area contributed by atoms with E-state index in [1.165, 1.54) is 0 Å². The maximum Gasteiger partial charge on any atom is 0.424 e. The minimum atomic E-state index is -5.21. The number of halogens is 6. The minimum Gasteiger partial charge on any atom is -0.465 e. The number of hydrogen-bond donors (Lipinski definition) is 1. The normalized spacial score (nSPS) is 13.5. The van der Waals surface area contributed by atoms with E-state index >= 15 is 0 Å². The van der Waals surface area contributed by atoms with E-state index in [0.717, 1.165) is 12.1 Å². The Labute approximate surface area is 140 Å². The van der Waals surface area contributed by atoms with Gasteiger partial charge in [-0.25, -0.2) is 9.48 Å². The molecule has 0 atom stereocenters. The number of nitrogens with one attached hydrogen (secondary N) is 1. The van der Waals surface area contributed by atoms with Crippen LogP contribution in [-0.4, -0.2) is 29.0 Å². The molecule has 0 bridgehead atoms. The van der Waals surface area contributed by atoms with Crippen LogP contribution >= 0.6 is 0 Å². The number of ether oxygens (including phenoxy) is 1. The number of hydrogen-bond acceptors (Lipinski definition) is 3.